The summed E-state index contributed by atoms with van der Waals surface area (Å²) in [7, 11) is -4.67. The van der Waals surface area contributed by atoms with Gasteiger partial charge in [-0.3, -0.25) is 13.8 Å². The third kappa shape index (κ3) is 59.7. The highest BCUT2D eigenvalue weighted by molar-refractivity contribution is 7.79. The third-order valence-corrected chi connectivity index (χ3v) is 1.46. The smallest absolute Gasteiger partial charge is 0.269 e. The van der Waals surface area contributed by atoms with Crippen molar-refractivity contribution in [3.8, 4) is 0 Å². The van der Waals surface area contributed by atoms with E-state index in [9.17, 15) is 0 Å². The number of hydrogen-bond acceptors (Lipinski definition) is 2. The Labute approximate surface area is 85.7 Å². The van der Waals surface area contributed by atoms with E-state index in [1.54, 1.807) is 0 Å². The average Bonchev–Trinajstić information content (AvgIpc) is 1.95. The van der Waals surface area contributed by atoms with Crippen molar-refractivity contribution in [3.63, 3.8) is 0 Å². The first kappa shape index (κ1) is 19.4. The van der Waals surface area contributed by atoms with E-state index in [1.807, 2.05) is 0 Å². The molecule has 0 heterocycles. The predicted octanol–water partition coefficient (Wildman–Crippen LogP) is 2.87. The van der Waals surface area contributed by atoms with Crippen molar-refractivity contribution in [2.24, 2.45) is 0 Å². The highest BCUT2D eigenvalue weighted by Crippen LogP contribution is 2.03. The molecule has 0 fully saturated rings. The molecule has 0 saturated heterocycles. The molecule has 0 aliphatic heterocycles. The topological polar surface area (TPSA) is 74.6 Å². The molecule has 0 spiro atoms. The number of rotatable bonds is 5. The fourth-order valence-electron chi connectivity index (χ4n) is 0.854. The molecule has 0 aromatic heterocycles. The van der Waals surface area contributed by atoms with Crippen molar-refractivity contribution >= 4 is 10.4 Å². The summed E-state index contributed by atoms with van der Waals surface area (Å²) in [4.78, 5) is 0. The molecule has 0 aliphatic carbocycles. The molecule has 90 valence electrons. The maximum Gasteiger partial charge on any atom is 0.394 e. The van der Waals surface area contributed by atoms with Gasteiger partial charge in [-0.1, -0.05) is 52.4 Å². The van der Waals surface area contributed by atoms with E-state index < -0.39 is 10.4 Å². The van der Waals surface area contributed by atoms with Crippen LogP contribution >= 0.6 is 0 Å². The lowest BCUT2D eigenvalue weighted by Gasteiger charge is -1.93. The Bertz CT molecular complexity index is 166. The number of unbranched alkanes of at least 4 members (excludes halogenated alkanes) is 5. The van der Waals surface area contributed by atoms with Gasteiger partial charge >= 0.3 is 10.4 Å². The molecule has 14 heavy (non-hydrogen) atoms. The van der Waals surface area contributed by atoms with Crippen LogP contribution in [0.2, 0.25) is 0 Å². The van der Waals surface area contributed by atoms with Gasteiger partial charge in [0.25, 0.3) is 0 Å². The van der Waals surface area contributed by atoms with Crippen LogP contribution in [0.25, 0.3) is 0 Å². The highest BCUT2D eigenvalue weighted by atomic mass is 32.3. The van der Waals surface area contributed by atoms with Crippen molar-refractivity contribution in [1.82, 2.24) is 0 Å². The molecule has 0 aromatic rings. The Kier molecular flexibility index (Phi) is 17.7. The first-order valence-corrected chi connectivity index (χ1v) is 6.01. The van der Waals surface area contributed by atoms with E-state index in [1.165, 1.54) is 38.5 Å². The van der Waals surface area contributed by atoms with Crippen molar-refractivity contribution in [3.05, 3.63) is 0 Å². The van der Waals surface area contributed by atoms with Crippen LogP contribution in [0.4, 0.5) is 4.70 Å². The number of halogens is 1. The lowest BCUT2D eigenvalue weighted by molar-refractivity contribution is 0.381. The van der Waals surface area contributed by atoms with Crippen LogP contribution < -0.4 is 0 Å². The maximum absolute atomic E-state index is 8.74. The van der Waals surface area contributed by atoms with Gasteiger partial charge in [-0.25, -0.2) is 0 Å². The van der Waals surface area contributed by atoms with Gasteiger partial charge in [-0.15, -0.1) is 0 Å². The normalized spacial score (nSPS) is 9.71. The Morgan fingerprint density at radius 1 is 0.857 bits per heavy atom. The molecule has 0 amide bonds. The Hall–Kier alpha value is -0.200. The minimum atomic E-state index is -4.67. The second kappa shape index (κ2) is 12.8. The Morgan fingerprint density at radius 2 is 1.07 bits per heavy atom. The zero-order valence-electron chi connectivity index (χ0n) is 8.77. The van der Waals surface area contributed by atoms with Crippen LogP contribution in [-0.4, -0.2) is 17.5 Å². The zero-order valence-corrected chi connectivity index (χ0v) is 9.59. The lowest BCUT2D eigenvalue weighted by Crippen LogP contribution is -1.89. The molecule has 0 atom stereocenters. The quantitative estimate of drug-likeness (QED) is 0.564. The van der Waals surface area contributed by atoms with Gasteiger partial charge < -0.3 is 0 Å². The van der Waals surface area contributed by atoms with Crippen LogP contribution in [0.15, 0.2) is 0 Å². The van der Waals surface area contributed by atoms with Crippen molar-refractivity contribution in [2.45, 2.75) is 52.4 Å². The summed E-state index contributed by atoms with van der Waals surface area (Å²) in [5.74, 6) is 0. The fraction of sp³-hybridized carbons (Fsp3) is 1.00. The molecule has 0 radical (unpaired) electrons. The van der Waals surface area contributed by atoms with Gasteiger partial charge in [-0.05, 0) is 0 Å². The van der Waals surface area contributed by atoms with Crippen LogP contribution in [-0.2, 0) is 10.4 Å². The summed E-state index contributed by atoms with van der Waals surface area (Å²) >= 11 is 0. The maximum atomic E-state index is 8.74. The van der Waals surface area contributed by atoms with Gasteiger partial charge in [0.15, 0.2) is 0 Å². The molecule has 0 rings (SSSR count). The molecule has 0 unspecified atom stereocenters. The van der Waals surface area contributed by atoms with Crippen LogP contribution in [0.3, 0.4) is 0 Å². The fourth-order valence-corrected chi connectivity index (χ4v) is 0.854. The zero-order chi connectivity index (χ0) is 10.7. The van der Waals surface area contributed by atoms with E-state index in [4.69, 9.17) is 17.5 Å². The Morgan fingerprint density at radius 3 is 1.21 bits per heavy atom. The summed E-state index contributed by atoms with van der Waals surface area (Å²) in [5, 5.41) is 0. The standard InChI is InChI=1S/C8H18.FH.H2O4S/c1-3-5-7-8-6-4-2;;1-5(2,3)4/h3-8H2,1-2H3;1H;(H2,1,2,3,4). The van der Waals surface area contributed by atoms with Crippen molar-refractivity contribution in [1.29, 1.82) is 0 Å². The molecule has 0 saturated carbocycles. The monoisotopic (exact) mass is 232 g/mol. The van der Waals surface area contributed by atoms with E-state index in [0.717, 1.165) is 0 Å². The molecular formula is C8H21FO4S. The van der Waals surface area contributed by atoms with E-state index in [2.05, 4.69) is 13.8 Å². The summed E-state index contributed by atoms with van der Waals surface area (Å²) in [6.45, 7) is 4.51. The summed E-state index contributed by atoms with van der Waals surface area (Å²) in [6, 6.07) is 0. The molecule has 6 heteroatoms. The van der Waals surface area contributed by atoms with Crippen molar-refractivity contribution < 1.29 is 22.2 Å². The predicted molar refractivity (Wildman–Crippen MR) is 55.7 cm³/mol. The van der Waals surface area contributed by atoms with E-state index >= 15 is 0 Å². The molecule has 0 aliphatic rings. The van der Waals surface area contributed by atoms with Crippen molar-refractivity contribution in [2.75, 3.05) is 0 Å². The summed E-state index contributed by atoms with van der Waals surface area (Å²) in [5.41, 5.74) is 0. The van der Waals surface area contributed by atoms with E-state index in [0.29, 0.717) is 0 Å². The summed E-state index contributed by atoms with van der Waals surface area (Å²) < 4.78 is 31.6. The minimum Gasteiger partial charge on any atom is -0.269 e. The Balaban J connectivity index is -0.000000177. The average molecular weight is 232 g/mol. The summed E-state index contributed by atoms with van der Waals surface area (Å²) in [6.07, 6.45) is 8.49. The third-order valence-electron chi connectivity index (χ3n) is 1.46. The molecule has 0 aromatic carbocycles. The number of hydrogen-bond donors (Lipinski definition) is 2. The first-order chi connectivity index (χ1) is 5.91. The second-order valence-electron chi connectivity index (χ2n) is 2.86. The van der Waals surface area contributed by atoms with E-state index in [-0.39, 0.29) is 4.70 Å². The van der Waals surface area contributed by atoms with Gasteiger partial charge in [0.1, 0.15) is 0 Å². The van der Waals surface area contributed by atoms with Gasteiger partial charge in [0.05, 0.1) is 0 Å². The first-order valence-electron chi connectivity index (χ1n) is 4.61. The lowest BCUT2D eigenvalue weighted by atomic mass is 10.1. The van der Waals surface area contributed by atoms with Crippen LogP contribution in [0.5, 0.6) is 0 Å². The van der Waals surface area contributed by atoms with Gasteiger partial charge in [0, 0.05) is 0 Å². The van der Waals surface area contributed by atoms with Crippen LogP contribution in [0, 0.1) is 0 Å². The molecule has 2 N–H and O–H groups in total. The molecular weight excluding hydrogens is 211 g/mol. The molecule has 4 nitrogen and oxygen atoms in total. The largest absolute Gasteiger partial charge is 0.394 e. The second-order valence-corrected chi connectivity index (χ2v) is 3.76. The minimum absolute atomic E-state index is 0. The van der Waals surface area contributed by atoms with Crippen LogP contribution in [0.1, 0.15) is 52.4 Å². The van der Waals surface area contributed by atoms with Gasteiger partial charge in [-0.2, -0.15) is 8.42 Å². The molecule has 0 bridgehead atoms. The SMILES string of the molecule is CCCCCCCC.F.O=S(=O)(O)O. The highest BCUT2D eigenvalue weighted by Gasteiger charge is 1.84. The van der Waals surface area contributed by atoms with Gasteiger partial charge in [0.2, 0.25) is 0 Å².